The van der Waals surface area contributed by atoms with E-state index >= 15 is 0 Å². The highest BCUT2D eigenvalue weighted by Gasteiger charge is 2.47. The number of rotatable bonds is 6. The van der Waals surface area contributed by atoms with Gasteiger partial charge in [-0.2, -0.15) is 13.2 Å². The van der Waals surface area contributed by atoms with Gasteiger partial charge in [-0.3, -0.25) is 9.69 Å². The van der Waals surface area contributed by atoms with Crippen LogP contribution in [-0.4, -0.2) is 69.2 Å². The molecule has 6 rings (SSSR count). The zero-order chi connectivity index (χ0) is 29.3. The van der Waals surface area contributed by atoms with Gasteiger partial charge in [0.1, 0.15) is 11.8 Å². The maximum absolute atomic E-state index is 13.6. The number of likely N-dealkylation sites (tertiary alicyclic amines) is 2. The van der Waals surface area contributed by atoms with E-state index in [1.165, 1.54) is 6.07 Å². The summed E-state index contributed by atoms with van der Waals surface area (Å²) < 4.78 is 41.0. The lowest BCUT2D eigenvalue weighted by Gasteiger charge is -2.49. The van der Waals surface area contributed by atoms with Gasteiger partial charge in [-0.15, -0.1) is 5.10 Å². The second kappa shape index (κ2) is 11.3. The number of alkyl halides is 3. The highest BCUT2D eigenvalue weighted by atomic mass is 19.4. The molecule has 2 saturated heterocycles. The monoisotopic (exact) mass is 575 g/mol. The van der Waals surface area contributed by atoms with E-state index in [1.807, 2.05) is 46.2 Å². The van der Waals surface area contributed by atoms with Crippen molar-refractivity contribution in [1.29, 1.82) is 0 Å². The standard InChI is InChI=1S/C32H32F3N5O2/c33-32(34,35)25-12-13-28-27(20-25)36-37-40(28)26-14-18-38(19-15-26)30(42)21-39-17-7-16-31(29(39)22-41,23-8-3-1-4-9-23)24-10-5-2-6-11-24/h1-6,8-13,20,22,26,29H,7,14-19,21H2. The maximum atomic E-state index is 13.6. The van der Waals surface area contributed by atoms with Crippen LogP contribution in [0.25, 0.3) is 11.0 Å². The third-order valence-electron chi connectivity index (χ3n) is 8.92. The van der Waals surface area contributed by atoms with Gasteiger partial charge in [-0.25, -0.2) is 4.68 Å². The van der Waals surface area contributed by atoms with Gasteiger partial charge in [-0.1, -0.05) is 65.9 Å². The molecule has 0 saturated carbocycles. The molecule has 0 aliphatic carbocycles. The first kappa shape index (κ1) is 28.1. The molecule has 0 spiro atoms. The van der Waals surface area contributed by atoms with Crippen molar-refractivity contribution in [2.45, 2.75) is 49.4 Å². The topological polar surface area (TPSA) is 71.3 Å². The zero-order valence-electron chi connectivity index (χ0n) is 23.1. The molecule has 4 aromatic rings. The van der Waals surface area contributed by atoms with Gasteiger partial charge >= 0.3 is 6.18 Å². The molecule has 2 fully saturated rings. The quantitative estimate of drug-likeness (QED) is 0.293. The normalized spacial score (nSPS) is 20.1. The van der Waals surface area contributed by atoms with E-state index < -0.39 is 23.2 Å². The molecule has 2 aliphatic rings. The number of benzene rings is 3. The smallest absolute Gasteiger partial charge is 0.341 e. The zero-order valence-corrected chi connectivity index (χ0v) is 23.1. The van der Waals surface area contributed by atoms with E-state index in [2.05, 4.69) is 34.6 Å². The summed E-state index contributed by atoms with van der Waals surface area (Å²) >= 11 is 0. The van der Waals surface area contributed by atoms with Crippen molar-refractivity contribution in [1.82, 2.24) is 24.8 Å². The van der Waals surface area contributed by atoms with Crippen molar-refractivity contribution >= 4 is 23.2 Å². The lowest BCUT2D eigenvalue weighted by molar-refractivity contribution is -0.138. The minimum absolute atomic E-state index is 0.0320. The number of aldehydes is 1. The predicted octanol–water partition coefficient (Wildman–Crippen LogP) is 5.26. The number of carbonyl (C=O) groups is 2. The summed E-state index contributed by atoms with van der Waals surface area (Å²) in [4.78, 5) is 30.2. The fraction of sp³-hybridized carbons (Fsp3) is 0.375. The number of hydrogen-bond donors (Lipinski definition) is 0. The first-order valence-electron chi connectivity index (χ1n) is 14.3. The Bertz CT molecular complexity index is 1510. The van der Waals surface area contributed by atoms with Crippen LogP contribution in [0.3, 0.4) is 0 Å². The third kappa shape index (κ3) is 5.08. The average molecular weight is 576 g/mol. The van der Waals surface area contributed by atoms with E-state index in [-0.39, 0.29) is 24.0 Å². The third-order valence-corrected chi connectivity index (χ3v) is 8.92. The van der Waals surface area contributed by atoms with E-state index in [0.717, 1.165) is 42.4 Å². The van der Waals surface area contributed by atoms with Gasteiger partial charge in [-0.05, 0) is 61.6 Å². The first-order valence-corrected chi connectivity index (χ1v) is 14.3. The Morgan fingerprint density at radius 3 is 2.17 bits per heavy atom. The van der Waals surface area contributed by atoms with Gasteiger partial charge in [0.05, 0.1) is 29.7 Å². The summed E-state index contributed by atoms with van der Waals surface area (Å²) in [6.45, 7) is 1.78. The van der Waals surface area contributed by atoms with Crippen LogP contribution in [0.15, 0.2) is 78.9 Å². The molecule has 1 amide bonds. The molecule has 0 bridgehead atoms. The summed E-state index contributed by atoms with van der Waals surface area (Å²) in [7, 11) is 0. The van der Waals surface area contributed by atoms with Crippen molar-refractivity contribution in [3.05, 3.63) is 95.6 Å². The number of amides is 1. The highest BCUT2D eigenvalue weighted by Crippen LogP contribution is 2.44. The Labute approximate surface area is 241 Å². The van der Waals surface area contributed by atoms with Crippen LogP contribution in [0.2, 0.25) is 0 Å². The Morgan fingerprint density at radius 1 is 0.929 bits per heavy atom. The van der Waals surface area contributed by atoms with Crippen LogP contribution in [0.4, 0.5) is 13.2 Å². The SMILES string of the molecule is O=CC1N(CC(=O)N2CCC(n3nnc4cc(C(F)(F)F)ccc43)CC2)CCCC1(c1ccccc1)c1ccccc1. The molecule has 42 heavy (non-hydrogen) atoms. The molecular formula is C32H32F3N5O2. The molecule has 218 valence electrons. The summed E-state index contributed by atoms with van der Waals surface area (Å²) in [6, 6.07) is 23.1. The Morgan fingerprint density at radius 2 is 1.57 bits per heavy atom. The highest BCUT2D eigenvalue weighted by molar-refractivity contribution is 5.79. The molecule has 10 heteroatoms. The predicted molar refractivity (Wildman–Crippen MR) is 152 cm³/mol. The molecule has 3 aromatic carbocycles. The van der Waals surface area contributed by atoms with Gasteiger partial charge in [0, 0.05) is 18.5 Å². The molecule has 1 atom stereocenters. The van der Waals surface area contributed by atoms with Crippen molar-refractivity contribution in [3.8, 4) is 0 Å². The van der Waals surface area contributed by atoms with E-state index in [1.54, 1.807) is 4.68 Å². The van der Waals surface area contributed by atoms with Crippen LogP contribution in [0.5, 0.6) is 0 Å². The number of piperidine rings is 2. The molecule has 7 nitrogen and oxygen atoms in total. The van der Waals surface area contributed by atoms with Crippen LogP contribution in [-0.2, 0) is 21.2 Å². The summed E-state index contributed by atoms with van der Waals surface area (Å²) in [5, 5.41) is 8.12. The molecule has 1 unspecified atom stereocenters. The number of halogens is 3. The minimum atomic E-state index is -4.44. The van der Waals surface area contributed by atoms with Crippen LogP contribution in [0.1, 0.15) is 48.4 Å². The fourth-order valence-corrected chi connectivity index (χ4v) is 6.83. The van der Waals surface area contributed by atoms with Crippen molar-refractivity contribution < 1.29 is 22.8 Å². The summed E-state index contributed by atoms with van der Waals surface area (Å²) in [5.74, 6) is -0.0320. The Hall–Kier alpha value is -4.05. The molecule has 0 radical (unpaired) electrons. The number of fused-ring (bicyclic) bond motifs is 1. The summed E-state index contributed by atoms with van der Waals surface area (Å²) in [6.07, 6.45) is -0.572. The number of nitrogens with zero attached hydrogens (tertiary/aromatic N) is 5. The Kier molecular flexibility index (Phi) is 7.57. The van der Waals surface area contributed by atoms with Crippen molar-refractivity contribution in [3.63, 3.8) is 0 Å². The summed E-state index contributed by atoms with van der Waals surface area (Å²) in [5.41, 5.74) is 1.57. The van der Waals surface area contributed by atoms with Crippen LogP contribution in [0, 0.1) is 0 Å². The first-order chi connectivity index (χ1) is 20.3. The lowest BCUT2D eigenvalue weighted by Crippen LogP contribution is -2.58. The van der Waals surface area contributed by atoms with Crippen LogP contribution >= 0.6 is 0 Å². The second-order valence-corrected chi connectivity index (χ2v) is 11.2. The van der Waals surface area contributed by atoms with Gasteiger partial charge in [0.15, 0.2) is 0 Å². The largest absolute Gasteiger partial charge is 0.416 e. The van der Waals surface area contributed by atoms with Gasteiger partial charge in [0.25, 0.3) is 0 Å². The molecule has 1 aromatic heterocycles. The van der Waals surface area contributed by atoms with Gasteiger partial charge < -0.3 is 9.69 Å². The number of hydrogen-bond acceptors (Lipinski definition) is 5. The fourth-order valence-electron chi connectivity index (χ4n) is 6.83. The molecule has 0 N–H and O–H groups in total. The number of aromatic nitrogens is 3. The average Bonchev–Trinajstić information content (AvgIpc) is 3.45. The van der Waals surface area contributed by atoms with Gasteiger partial charge in [0.2, 0.25) is 5.91 Å². The Balaban J connectivity index is 1.17. The van der Waals surface area contributed by atoms with E-state index in [0.29, 0.717) is 38.0 Å². The van der Waals surface area contributed by atoms with Crippen LogP contribution < -0.4 is 0 Å². The maximum Gasteiger partial charge on any atom is 0.416 e. The van der Waals surface area contributed by atoms with E-state index in [9.17, 15) is 22.8 Å². The lowest BCUT2D eigenvalue weighted by atomic mass is 9.64. The second-order valence-electron chi connectivity index (χ2n) is 11.2. The molecule has 3 heterocycles. The molecule has 2 aliphatic heterocycles. The van der Waals surface area contributed by atoms with Crippen molar-refractivity contribution in [2.75, 3.05) is 26.2 Å². The van der Waals surface area contributed by atoms with E-state index in [4.69, 9.17) is 0 Å². The number of carbonyl (C=O) groups excluding carboxylic acids is 2. The minimum Gasteiger partial charge on any atom is -0.341 e. The molecular weight excluding hydrogens is 543 g/mol. The van der Waals surface area contributed by atoms with Crippen molar-refractivity contribution in [2.24, 2.45) is 0 Å².